The Kier molecular flexibility index (Phi) is 5.47. The highest BCUT2D eigenvalue weighted by atomic mass is 35.5. The normalized spacial score (nSPS) is 31.4. The minimum Gasteiger partial charge on any atom is -0.316 e. The zero-order valence-electron chi connectivity index (χ0n) is 11.6. The van der Waals surface area contributed by atoms with E-state index < -0.39 is 0 Å². The van der Waals surface area contributed by atoms with Crippen LogP contribution in [-0.2, 0) is 0 Å². The number of benzene rings is 1. The molecular formula is C15H21Cl2NS. The average Bonchev–Trinajstić information content (AvgIpc) is 2.36. The summed E-state index contributed by atoms with van der Waals surface area (Å²) in [5, 5.41) is 5.58. The van der Waals surface area contributed by atoms with Crippen LogP contribution in [0.4, 0.5) is 0 Å². The molecule has 1 aromatic carbocycles. The number of halogens is 2. The summed E-state index contributed by atoms with van der Waals surface area (Å²) in [7, 11) is 2.06. The summed E-state index contributed by atoms with van der Waals surface area (Å²) in [5.74, 6) is 1.47. The number of hydrogen-bond acceptors (Lipinski definition) is 2. The molecule has 1 N–H and O–H groups in total. The number of nitrogens with one attached hydrogen (secondary N) is 1. The Balaban J connectivity index is 2.17. The van der Waals surface area contributed by atoms with Crippen molar-refractivity contribution in [3.05, 3.63) is 28.2 Å². The lowest BCUT2D eigenvalue weighted by Gasteiger charge is -2.39. The van der Waals surface area contributed by atoms with Crippen molar-refractivity contribution >= 4 is 35.0 Å². The van der Waals surface area contributed by atoms with Gasteiger partial charge in [-0.1, -0.05) is 37.0 Å². The lowest BCUT2D eigenvalue weighted by atomic mass is 9.80. The maximum Gasteiger partial charge on any atom is 0.0543 e. The van der Waals surface area contributed by atoms with Crippen LogP contribution in [0.15, 0.2) is 23.1 Å². The highest BCUT2D eigenvalue weighted by Gasteiger charge is 2.34. The Hall–Kier alpha value is 0.110. The molecule has 1 aliphatic rings. The van der Waals surface area contributed by atoms with Gasteiger partial charge in [-0.3, -0.25) is 0 Å². The summed E-state index contributed by atoms with van der Waals surface area (Å²) in [4.78, 5) is 1.10. The van der Waals surface area contributed by atoms with E-state index >= 15 is 0 Å². The third-order valence-electron chi connectivity index (χ3n) is 3.91. The molecule has 106 valence electrons. The van der Waals surface area contributed by atoms with E-state index in [9.17, 15) is 0 Å². The number of thioether (sulfide) groups is 1. The van der Waals surface area contributed by atoms with Gasteiger partial charge in [0.05, 0.1) is 5.02 Å². The van der Waals surface area contributed by atoms with Gasteiger partial charge in [0, 0.05) is 21.2 Å². The van der Waals surface area contributed by atoms with Crippen LogP contribution in [0.25, 0.3) is 0 Å². The van der Waals surface area contributed by atoms with E-state index in [4.69, 9.17) is 23.2 Å². The molecule has 0 radical (unpaired) electrons. The lowest BCUT2D eigenvalue weighted by Crippen LogP contribution is -2.44. The SMILES string of the molecule is CNC1CC(C)CC(C)C1Sc1cc(Cl)ccc1Cl. The lowest BCUT2D eigenvalue weighted by molar-refractivity contribution is 0.257. The molecule has 4 atom stereocenters. The second kappa shape index (κ2) is 6.71. The maximum absolute atomic E-state index is 6.28. The van der Waals surface area contributed by atoms with Crippen molar-refractivity contribution in [2.45, 2.75) is 42.9 Å². The van der Waals surface area contributed by atoms with Crippen molar-refractivity contribution in [3.8, 4) is 0 Å². The first-order chi connectivity index (χ1) is 9.01. The summed E-state index contributed by atoms with van der Waals surface area (Å²) < 4.78 is 0. The molecule has 0 spiro atoms. The second-order valence-corrected chi connectivity index (χ2v) is 7.67. The first-order valence-corrected chi connectivity index (χ1v) is 8.43. The molecule has 1 saturated carbocycles. The summed E-state index contributed by atoms with van der Waals surface area (Å²) in [6, 6.07) is 6.25. The van der Waals surface area contributed by atoms with Gasteiger partial charge in [0.25, 0.3) is 0 Å². The van der Waals surface area contributed by atoms with Gasteiger partial charge in [-0.2, -0.15) is 0 Å². The Morgan fingerprint density at radius 1 is 1.21 bits per heavy atom. The van der Waals surface area contributed by atoms with E-state index in [-0.39, 0.29) is 0 Å². The van der Waals surface area contributed by atoms with E-state index in [2.05, 4.69) is 26.2 Å². The van der Waals surface area contributed by atoms with Crippen LogP contribution in [0.2, 0.25) is 10.0 Å². The van der Waals surface area contributed by atoms with Gasteiger partial charge in [-0.15, -0.1) is 11.8 Å². The van der Waals surface area contributed by atoms with Crippen LogP contribution >= 0.6 is 35.0 Å². The van der Waals surface area contributed by atoms with Gasteiger partial charge >= 0.3 is 0 Å². The molecule has 1 aliphatic carbocycles. The van der Waals surface area contributed by atoms with Crippen LogP contribution in [0.5, 0.6) is 0 Å². The minimum atomic E-state index is 0.541. The van der Waals surface area contributed by atoms with E-state index in [1.807, 2.05) is 30.0 Å². The molecule has 1 nitrogen and oxygen atoms in total. The predicted octanol–water partition coefficient (Wildman–Crippen LogP) is 5.11. The fourth-order valence-corrected chi connectivity index (χ4v) is 4.94. The van der Waals surface area contributed by atoms with E-state index in [0.29, 0.717) is 17.2 Å². The van der Waals surface area contributed by atoms with E-state index in [1.165, 1.54) is 12.8 Å². The molecule has 0 saturated heterocycles. The fourth-order valence-electron chi connectivity index (χ4n) is 3.02. The van der Waals surface area contributed by atoms with Gasteiger partial charge in [0.2, 0.25) is 0 Å². The molecule has 1 aromatic rings. The largest absolute Gasteiger partial charge is 0.316 e. The standard InChI is InChI=1S/C15H21Cl2NS/c1-9-6-10(2)15(13(7-9)18-3)19-14-8-11(16)4-5-12(14)17/h4-5,8-10,13,15,18H,6-7H2,1-3H3. The number of hydrogen-bond donors (Lipinski definition) is 1. The molecule has 4 heteroatoms. The molecule has 0 amide bonds. The molecule has 4 unspecified atom stereocenters. The van der Waals surface area contributed by atoms with E-state index in [1.54, 1.807) is 0 Å². The Labute approximate surface area is 130 Å². The summed E-state index contributed by atoms with van der Waals surface area (Å²) in [5.41, 5.74) is 0. The highest BCUT2D eigenvalue weighted by molar-refractivity contribution is 8.00. The van der Waals surface area contributed by atoms with Crippen molar-refractivity contribution in [2.75, 3.05) is 7.05 Å². The zero-order chi connectivity index (χ0) is 14.0. The first kappa shape index (κ1) is 15.5. The molecule has 2 rings (SSSR count). The number of rotatable bonds is 3. The highest BCUT2D eigenvalue weighted by Crippen LogP contribution is 2.42. The summed E-state index contributed by atoms with van der Waals surface area (Å²) >= 11 is 14.2. The Bertz CT molecular complexity index is 438. The van der Waals surface area contributed by atoms with Crippen LogP contribution in [-0.4, -0.2) is 18.3 Å². The van der Waals surface area contributed by atoms with Gasteiger partial charge in [0.1, 0.15) is 0 Å². The van der Waals surface area contributed by atoms with Crippen LogP contribution in [0.1, 0.15) is 26.7 Å². The average molecular weight is 318 g/mol. The molecular weight excluding hydrogens is 297 g/mol. The molecule has 1 fully saturated rings. The molecule has 0 heterocycles. The van der Waals surface area contributed by atoms with Crippen molar-refractivity contribution < 1.29 is 0 Å². The van der Waals surface area contributed by atoms with Gasteiger partial charge < -0.3 is 5.32 Å². The third kappa shape index (κ3) is 3.81. The smallest absolute Gasteiger partial charge is 0.0543 e. The van der Waals surface area contributed by atoms with Crippen LogP contribution in [0, 0.1) is 11.8 Å². The van der Waals surface area contributed by atoms with Gasteiger partial charge in [-0.05, 0) is 49.9 Å². The van der Waals surface area contributed by atoms with Crippen LogP contribution in [0.3, 0.4) is 0 Å². The molecule has 0 bridgehead atoms. The van der Waals surface area contributed by atoms with Gasteiger partial charge in [0.15, 0.2) is 0 Å². The molecule has 0 aliphatic heterocycles. The van der Waals surface area contributed by atoms with E-state index in [0.717, 1.165) is 20.9 Å². The van der Waals surface area contributed by atoms with Crippen molar-refractivity contribution in [1.82, 2.24) is 5.32 Å². The Morgan fingerprint density at radius 2 is 1.95 bits per heavy atom. The monoisotopic (exact) mass is 317 g/mol. The van der Waals surface area contributed by atoms with Crippen molar-refractivity contribution in [2.24, 2.45) is 11.8 Å². The maximum atomic E-state index is 6.28. The molecule has 0 aromatic heterocycles. The fraction of sp³-hybridized carbons (Fsp3) is 0.600. The van der Waals surface area contributed by atoms with Crippen molar-refractivity contribution in [3.63, 3.8) is 0 Å². The minimum absolute atomic E-state index is 0.541. The summed E-state index contributed by atoms with van der Waals surface area (Å²) in [6.45, 7) is 4.68. The Morgan fingerprint density at radius 3 is 2.63 bits per heavy atom. The predicted molar refractivity (Wildman–Crippen MR) is 86.5 cm³/mol. The molecule has 19 heavy (non-hydrogen) atoms. The van der Waals surface area contributed by atoms with Crippen LogP contribution < -0.4 is 5.32 Å². The van der Waals surface area contributed by atoms with Gasteiger partial charge in [-0.25, -0.2) is 0 Å². The summed E-state index contributed by atoms with van der Waals surface area (Å²) in [6.07, 6.45) is 2.52. The topological polar surface area (TPSA) is 12.0 Å². The van der Waals surface area contributed by atoms with Crippen molar-refractivity contribution in [1.29, 1.82) is 0 Å². The quantitative estimate of drug-likeness (QED) is 0.831. The first-order valence-electron chi connectivity index (χ1n) is 6.80. The third-order valence-corrected chi connectivity index (χ3v) is 6.25. The zero-order valence-corrected chi connectivity index (χ0v) is 13.9. The second-order valence-electron chi connectivity index (χ2n) is 5.61.